The number of benzene rings is 1. The number of amides is 1. The largest absolute Gasteiger partial charge is 0.341 e. The molecule has 0 atom stereocenters. The lowest BCUT2D eigenvalue weighted by Gasteiger charge is -2.34. The molecule has 1 aromatic heterocycles. The Bertz CT molecular complexity index is 781. The third-order valence-corrected chi connectivity index (χ3v) is 5.69. The molecule has 2 heterocycles. The number of piperidine rings is 1. The summed E-state index contributed by atoms with van der Waals surface area (Å²) in [6, 6.07) is 7.64. The molecule has 2 fully saturated rings. The fraction of sp³-hybridized carbons (Fsp3) is 0.476. The maximum Gasteiger partial charge on any atom is 0.230 e. The highest BCUT2D eigenvalue weighted by Crippen LogP contribution is 2.33. The van der Waals surface area contributed by atoms with Crippen molar-refractivity contribution < 1.29 is 4.79 Å². The van der Waals surface area contributed by atoms with Crippen molar-refractivity contribution in [3.63, 3.8) is 0 Å². The molecule has 1 aliphatic carbocycles. The topological polar surface area (TPSA) is 49.3 Å². The van der Waals surface area contributed by atoms with Crippen LogP contribution >= 0.6 is 11.6 Å². The van der Waals surface area contributed by atoms with Gasteiger partial charge in [0, 0.05) is 48.7 Å². The van der Waals surface area contributed by atoms with Crippen molar-refractivity contribution in [2.45, 2.75) is 32.6 Å². The minimum absolute atomic E-state index is 0.0566. The van der Waals surface area contributed by atoms with Gasteiger partial charge in [-0.2, -0.15) is 0 Å². The molecule has 0 radical (unpaired) electrons. The fourth-order valence-electron chi connectivity index (χ4n) is 3.60. The molecule has 142 valence electrons. The molecule has 0 bridgehead atoms. The smallest absolute Gasteiger partial charge is 0.230 e. The highest BCUT2D eigenvalue weighted by Gasteiger charge is 2.33. The summed E-state index contributed by atoms with van der Waals surface area (Å²) in [6.45, 7) is 4.44. The maximum absolute atomic E-state index is 13.3. The van der Waals surface area contributed by atoms with Crippen LogP contribution in [0.3, 0.4) is 0 Å². The van der Waals surface area contributed by atoms with Gasteiger partial charge in [0.05, 0.1) is 0 Å². The first-order valence-corrected chi connectivity index (χ1v) is 10.1. The SMILES string of the molecule is Cc1cnc(N2CCC(C(=O)N(CC3CC3)c3ccc(Cl)cc3)CC2)nc1. The number of aromatic nitrogens is 2. The zero-order valence-corrected chi connectivity index (χ0v) is 16.4. The van der Waals surface area contributed by atoms with Gasteiger partial charge in [-0.15, -0.1) is 0 Å². The highest BCUT2D eigenvalue weighted by molar-refractivity contribution is 6.30. The Morgan fingerprint density at radius 1 is 1.11 bits per heavy atom. The van der Waals surface area contributed by atoms with Gasteiger partial charge in [-0.25, -0.2) is 9.97 Å². The number of aryl methyl sites for hydroxylation is 1. The summed E-state index contributed by atoms with van der Waals surface area (Å²) >= 11 is 6.03. The lowest BCUT2D eigenvalue weighted by molar-refractivity contribution is -0.123. The number of anilines is 2. The van der Waals surface area contributed by atoms with E-state index in [1.807, 2.05) is 48.5 Å². The predicted octanol–water partition coefficient (Wildman–Crippen LogP) is 4.10. The Morgan fingerprint density at radius 2 is 1.74 bits per heavy atom. The van der Waals surface area contributed by atoms with Gasteiger partial charge in [-0.3, -0.25) is 4.79 Å². The summed E-state index contributed by atoms with van der Waals surface area (Å²) < 4.78 is 0. The molecule has 1 saturated heterocycles. The van der Waals surface area contributed by atoms with E-state index in [9.17, 15) is 4.79 Å². The molecular weight excluding hydrogens is 360 g/mol. The maximum atomic E-state index is 13.3. The van der Waals surface area contributed by atoms with Crippen molar-refractivity contribution in [2.24, 2.45) is 11.8 Å². The van der Waals surface area contributed by atoms with Crippen LogP contribution in [0.1, 0.15) is 31.2 Å². The Balaban J connectivity index is 1.43. The molecule has 27 heavy (non-hydrogen) atoms. The lowest BCUT2D eigenvalue weighted by atomic mass is 9.95. The van der Waals surface area contributed by atoms with E-state index in [1.165, 1.54) is 12.8 Å². The average Bonchev–Trinajstić information content (AvgIpc) is 3.51. The van der Waals surface area contributed by atoms with Gasteiger partial charge < -0.3 is 9.80 Å². The van der Waals surface area contributed by atoms with E-state index in [0.717, 1.165) is 49.7 Å². The number of nitrogens with zero attached hydrogens (tertiary/aromatic N) is 4. The second kappa shape index (κ2) is 7.85. The van der Waals surface area contributed by atoms with Crippen LogP contribution in [0.25, 0.3) is 0 Å². The summed E-state index contributed by atoms with van der Waals surface area (Å²) in [5.74, 6) is 1.71. The van der Waals surface area contributed by atoms with E-state index in [1.54, 1.807) is 0 Å². The van der Waals surface area contributed by atoms with E-state index in [2.05, 4.69) is 14.9 Å². The van der Waals surface area contributed by atoms with Crippen molar-refractivity contribution in [1.29, 1.82) is 0 Å². The normalized spacial score (nSPS) is 17.8. The standard InChI is InChI=1S/C21H25ClN4O/c1-15-12-23-21(24-13-15)25-10-8-17(9-11-25)20(27)26(14-16-2-3-16)19-6-4-18(22)5-7-19/h4-7,12-13,16-17H,2-3,8-11,14H2,1H3. The molecule has 5 nitrogen and oxygen atoms in total. The molecule has 1 aliphatic heterocycles. The Labute approximate surface area is 165 Å². The van der Waals surface area contributed by atoms with Gasteiger partial charge in [0.2, 0.25) is 11.9 Å². The van der Waals surface area contributed by atoms with Crippen molar-refractivity contribution in [2.75, 3.05) is 29.4 Å². The Hall–Kier alpha value is -2.14. The van der Waals surface area contributed by atoms with E-state index in [0.29, 0.717) is 10.9 Å². The van der Waals surface area contributed by atoms with Gasteiger partial charge in [-0.1, -0.05) is 11.6 Å². The van der Waals surface area contributed by atoms with Crippen LogP contribution in [0.5, 0.6) is 0 Å². The van der Waals surface area contributed by atoms with Gasteiger partial charge in [0.15, 0.2) is 0 Å². The first kappa shape index (κ1) is 18.2. The zero-order valence-electron chi connectivity index (χ0n) is 15.6. The van der Waals surface area contributed by atoms with Crippen LogP contribution in [-0.2, 0) is 4.79 Å². The number of hydrogen-bond donors (Lipinski definition) is 0. The minimum atomic E-state index is 0.0566. The van der Waals surface area contributed by atoms with Crippen LogP contribution in [0.15, 0.2) is 36.7 Å². The van der Waals surface area contributed by atoms with Gasteiger partial charge in [0.1, 0.15) is 0 Å². The Morgan fingerprint density at radius 3 is 2.33 bits per heavy atom. The molecule has 2 aliphatic rings. The summed E-state index contributed by atoms with van der Waals surface area (Å²) in [6.07, 6.45) is 7.81. The monoisotopic (exact) mass is 384 g/mol. The van der Waals surface area contributed by atoms with Crippen molar-refractivity contribution in [3.05, 3.63) is 47.2 Å². The fourth-order valence-corrected chi connectivity index (χ4v) is 3.72. The van der Waals surface area contributed by atoms with Crippen molar-refractivity contribution >= 4 is 29.1 Å². The summed E-state index contributed by atoms with van der Waals surface area (Å²) in [4.78, 5) is 26.3. The molecule has 1 saturated carbocycles. The van der Waals surface area contributed by atoms with Crippen LogP contribution in [0.4, 0.5) is 11.6 Å². The van der Waals surface area contributed by atoms with Gasteiger partial charge in [0.25, 0.3) is 0 Å². The highest BCUT2D eigenvalue weighted by atomic mass is 35.5. The predicted molar refractivity (Wildman–Crippen MR) is 108 cm³/mol. The second-order valence-corrected chi connectivity index (χ2v) is 8.13. The first-order valence-electron chi connectivity index (χ1n) is 9.70. The van der Waals surface area contributed by atoms with Crippen molar-refractivity contribution in [1.82, 2.24) is 9.97 Å². The molecule has 0 unspecified atom stereocenters. The molecule has 2 aromatic rings. The quantitative estimate of drug-likeness (QED) is 0.778. The molecule has 1 amide bonds. The molecular formula is C21H25ClN4O. The van der Waals surface area contributed by atoms with E-state index >= 15 is 0 Å². The van der Waals surface area contributed by atoms with E-state index in [4.69, 9.17) is 11.6 Å². The van der Waals surface area contributed by atoms with Crippen molar-refractivity contribution in [3.8, 4) is 0 Å². The molecule has 0 spiro atoms. The summed E-state index contributed by atoms with van der Waals surface area (Å²) in [7, 11) is 0. The summed E-state index contributed by atoms with van der Waals surface area (Å²) in [5.41, 5.74) is 2.02. The summed E-state index contributed by atoms with van der Waals surface area (Å²) in [5, 5.41) is 0.698. The lowest BCUT2D eigenvalue weighted by Crippen LogP contribution is -2.44. The minimum Gasteiger partial charge on any atom is -0.341 e. The van der Waals surface area contributed by atoms with Gasteiger partial charge in [-0.05, 0) is 68.4 Å². The van der Waals surface area contributed by atoms with Crippen LogP contribution < -0.4 is 9.80 Å². The molecule has 6 heteroatoms. The average molecular weight is 385 g/mol. The van der Waals surface area contributed by atoms with E-state index in [-0.39, 0.29) is 11.8 Å². The van der Waals surface area contributed by atoms with Crippen LogP contribution in [0.2, 0.25) is 5.02 Å². The third kappa shape index (κ3) is 4.41. The molecule has 0 N–H and O–H groups in total. The second-order valence-electron chi connectivity index (χ2n) is 7.69. The number of carbonyl (C=O) groups is 1. The number of halogens is 1. The molecule has 1 aromatic carbocycles. The molecule has 4 rings (SSSR count). The Kier molecular flexibility index (Phi) is 5.30. The number of rotatable bonds is 5. The van der Waals surface area contributed by atoms with Crippen LogP contribution in [0, 0.1) is 18.8 Å². The van der Waals surface area contributed by atoms with E-state index < -0.39 is 0 Å². The first-order chi connectivity index (χ1) is 13.1. The number of hydrogen-bond acceptors (Lipinski definition) is 4. The third-order valence-electron chi connectivity index (χ3n) is 5.44. The zero-order chi connectivity index (χ0) is 18.8. The van der Waals surface area contributed by atoms with Crippen LogP contribution in [-0.4, -0.2) is 35.5 Å². The van der Waals surface area contributed by atoms with Gasteiger partial charge >= 0.3 is 0 Å². The number of carbonyl (C=O) groups excluding carboxylic acids is 1.